The molecule has 188 valence electrons. The number of carbonyl (C=O) groups is 5. The Labute approximate surface area is 193 Å². The minimum Gasteiger partial charge on any atom is -0.481 e. The average molecular weight is 472 g/mol. The van der Waals surface area contributed by atoms with Crippen molar-refractivity contribution in [1.82, 2.24) is 15.5 Å². The maximum atomic E-state index is 12.9. The molecular weight excluding hydrogens is 434 g/mol. The maximum Gasteiger partial charge on any atom is 0.326 e. The lowest BCUT2D eigenvalue weighted by atomic mass is 10.0. The van der Waals surface area contributed by atoms with Gasteiger partial charge in [-0.25, -0.2) is 4.79 Å². The molecule has 0 radical (unpaired) electrons. The van der Waals surface area contributed by atoms with Gasteiger partial charge in [-0.15, -0.1) is 0 Å². The molecule has 0 aliphatic carbocycles. The van der Waals surface area contributed by atoms with E-state index in [1.54, 1.807) is 13.8 Å². The van der Waals surface area contributed by atoms with E-state index in [2.05, 4.69) is 10.6 Å². The van der Waals surface area contributed by atoms with E-state index in [1.807, 2.05) is 0 Å². The van der Waals surface area contributed by atoms with Crippen LogP contribution in [0.1, 0.15) is 58.8 Å². The van der Waals surface area contributed by atoms with Gasteiger partial charge < -0.3 is 37.2 Å². The molecule has 3 amide bonds. The Morgan fingerprint density at radius 1 is 1.06 bits per heavy atom. The first-order chi connectivity index (χ1) is 15.5. The summed E-state index contributed by atoms with van der Waals surface area (Å²) in [4.78, 5) is 61.9. The standard InChI is InChI=1S/C21H37N5O7/c1-12(2)17(19(30)24-14(21(32)33)6-3-4-10-22)25-18(29)15-7-5-11-26(15)20(31)13(23)8-9-16(27)28/h12-15,17H,3-11,22-23H2,1-2H3,(H,24,30)(H,25,29)(H,27,28)(H,32,33). The summed E-state index contributed by atoms with van der Waals surface area (Å²) in [5.74, 6) is -4.23. The Kier molecular flexibility index (Phi) is 11.8. The van der Waals surface area contributed by atoms with Gasteiger partial charge in [0.15, 0.2) is 0 Å². The molecule has 0 spiro atoms. The number of likely N-dealkylation sites (tertiary alicyclic amines) is 1. The molecule has 33 heavy (non-hydrogen) atoms. The summed E-state index contributed by atoms with van der Waals surface area (Å²) >= 11 is 0. The van der Waals surface area contributed by atoms with Crippen molar-refractivity contribution in [3.8, 4) is 0 Å². The normalized spacial score (nSPS) is 18.5. The SMILES string of the molecule is CC(C)C(NC(=O)C1CCCN1C(=O)C(N)CCC(=O)O)C(=O)NC(CCCCN)C(=O)O. The molecule has 1 fully saturated rings. The Balaban J connectivity index is 2.82. The molecule has 0 bridgehead atoms. The third-order valence-electron chi connectivity index (χ3n) is 5.63. The second-order valence-corrected chi connectivity index (χ2v) is 8.64. The molecule has 1 aliphatic rings. The first-order valence-corrected chi connectivity index (χ1v) is 11.3. The van der Waals surface area contributed by atoms with Crippen LogP contribution in [0.5, 0.6) is 0 Å². The lowest BCUT2D eigenvalue weighted by Gasteiger charge is -2.29. The van der Waals surface area contributed by atoms with Crippen molar-refractivity contribution in [3.05, 3.63) is 0 Å². The van der Waals surface area contributed by atoms with Crippen LogP contribution in [0.3, 0.4) is 0 Å². The van der Waals surface area contributed by atoms with E-state index < -0.39 is 53.8 Å². The van der Waals surface area contributed by atoms with Gasteiger partial charge in [-0.1, -0.05) is 13.8 Å². The number of hydrogen-bond acceptors (Lipinski definition) is 7. The number of amides is 3. The highest BCUT2D eigenvalue weighted by Gasteiger charge is 2.38. The molecule has 0 aromatic rings. The Hall–Kier alpha value is -2.73. The minimum atomic E-state index is -1.17. The summed E-state index contributed by atoms with van der Waals surface area (Å²) in [5, 5.41) is 23.3. The van der Waals surface area contributed by atoms with Gasteiger partial charge in [0, 0.05) is 13.0 Å². The van der Waals surface area contributed by atoms with Crippen molar-refractivity contribution in [2.75, 3.05) is 13.1 Å². The topological polar surface area (TPSA) is 205 Å². The average Bonchev–Trinajstić information content (AvgIpc) is 3.23. The highest BCUT2D eigenvalue weighted by Crippen LogP contribution is 2.20. The van der Waals surface area contributed by atoms with Crippen LogP contribution in [0.25, 0.3) is 0 Å². The number of nitrogens with one attached hydrogen (secondary N) is 2. The van der Waals surface area contributed by atoms with Crippen LogP contribution in [0.2, 0.25) is 0 Å². The molecule has 0 aromatic carbocycles. The molecule has 0 saturated carbocycles. The summed E-state index contributed by atoms with van der Waals surface area (Å²) in [6.07, 6.45) is 2.02. The lowest BCUT2D eigenvalue weighted by Crippen LogP contribution is -2.58. The van der Waals surface area contributed by atoms with Crippen LogP contribution in [0.15, 0.2) is 0 Å². The lowest BCUT2D eigenvalue weighted by molar-refractivity contribution is -0.144. The zero-order valence-corrected chi connectivity index (χ0v) is 19.3. The van der Waals surface area contributed by atoms with Gasteiger partial charge in [0.1, 0.15) is 18.1 Å². The van der Waals surface area contributed by atoms with E-state index in [4.69, 9.17) is 16.6 Å². The second kappa shape index (κ2) is 13.7. The van der Waals surface area contributed by atoms with E-state index in [9.17, 15) is 29.1 Å². The smallest absolute Gasteiger partial charge is 0.326 e. The van der Waals surface area contributed by atoms with E-state index in [1.165, 1.54) is 4.90 Å². The first kappa shape index (κ1) is 28.3. The number of nitrogens with zero attached hydrogens (tertiary/aromatic N) is 1. The van der Waals surface area contributed by atoms with Crippen molar-refractivity contribution < 1.29 is 34.2 Å². The van der Waals surface area contributed by atoms with Crippen molar-refractivity contribution >= 4 is 29.7 Å². The Morgan fingerprint density at radius 2 is 1.73 bits per heavy atom. The largest absolute Gasteiger partial charge is 0.481 e. The van der Waals surface area contributed by atoms with Crippen LogP contribution < -0.4 is 22.1 Å². The van der Waals surface area contributed by atoms with Gasteiger partial charge in [0.25, 0.3) is 0 Å². The highest BCUT2D eigenvalue weighted by molar-refractivity contribution is 5.94. The third kappa shape index (κ3) is 8.97. The number of aliphatic carboxylic acids is 2. The summed E-state index contributed by atoms with van der Waals surface area (Å²) in [5.41, 5.74) is 11.3. The van der Waals surface area contributed by atoms with E-state index in [-0.39, 0.29) is 25.2 Å². The molecule has 4 unspecified atom stereocenters. The number of carbonyl (C=O) groups excluding carboxylic acids is 3. The van der Waals surface area contributed by atoms with Crippen LogP contribution in [-0.2, 0) is 24.0 Å². The van der Waals surface area contributed by atoms with E-state index in [0.29, 0.717) is 38.8 Å². The van der Waals surface area contributed by atoms with Crippen LogP contribution in [0, 0.1) is 5.92 Å². The molecule has 1 saturated heterocycles. The molecule has 1 rings (SSSR count). The molecule has 8 N–H and O–H groups in total. The monoisotopic (exact) mass is 471 g/mol. The fourth-order valence-corrected chi connectivity index (χ4v) is 3.71. The summed E-state index contributed by atoms with van der Waals surface area (Å²) in [6, 6.07) is -3.96. The second-order valence-electron chi connectivity index (χ2n) is 8.64. The predicted octanol–water partition coefficient (Wildman–Crippen LogP) is -0.991. The molecule has 1 aliphatic heterocycles. The highest BCUT2D eigenvalue weighted by atomic mass is 16.4. The van der Waals surface area contributed by atoms with Crippen LogP contribution >= 0.6 is 0 Å². The number of unbranched alkanes of at least 4 members (excludes halogenated alkanes) is 1. The van der Waals surface area contributed by atoms with Gasteiger partial charge in [-0.05, 0) is 51.0 Å². The number of nitrogens with two attached hydrogens (primary N) is 2. The number of hydrogen-bond donors (Lipinski definition) is 6. The summed E-state index contributed by atoms with van der Waals surface area (Å²) in [6.45, 7) is 4.15. The quantitative estimate of drug-likeness (QED) is 0.172. The molecular formula is C21H37N5O7. The molecule has 4 atom stereocenters. The fraction of sp³-hybridized carbons (Fsp3) is 0.762. The number of carboxylic acid groups (broad SMARTS) is 2. The van der Waals surface area contributed by atoms with Gasteiger partial charge >= 0.3 is 11.9 Å². The Bertz CT molecular complexity index is 715. The maximum absolute atomic E-state index is 12.9. The van der Waals surface area contributed by atoms with Gasteiger partial charge in [0.05, 0.1) is 6.04 Å². The molecule has 0 aromatic heterocycles. The fourth-order valence-electron chi connectivity index (χ4n) is 3.71. The molecule has 12 heteroatoms. The molecule has 12 nitrogen and oxygen atoms in total. The van der Waals surface area contributed by atoms with Crippen molar-refractivity contribution in [3.63, 3.8) is 0 Å². The van der Waals surface area contributed by atoms with Crippen LogP contribution in [0.4, 0.5) is 0 Å². The molecule has 1 heterocycles. The number of carboxylic acids is 2. The third-order valence-corrected chi connectivity index (χ3v) is 5.63. The van der Waals surface area contributed by atoms with E-state index in [0.717, 1.165) is 0 Å². The van der Waals surface area contributed by atoms with Crippen molar-refractivity contribution in [1.29, 1.82) is 0 Å². The van der Waals surface area contributed by atoms with Crippen molar-refractivity contribution in [2.24, 2.45) is 17.4 Å². The first-order valence-electron chi connectivity index (χ1n) is 11.3. The minimum absolute atomic E-state index is 0.0449. The summed E-state index contributed by atoms with van der Waals surface area (Å²) in [7, 11) is 0. The van der Waals surface area contributed by atoms with Gasteiger partial charge in [-0.2, -0.15) is 0 Å². The van der Waals surface area contributed by atoms with Crippen molar-refractivity contribution in [2.45, 2.75) is 83.0 Å². The zero-order valence-electron chi connectivity index (χ0n) is 19.3. The van der Waals surface area contributed by atoms with Gasteiger partial charge in [0.2, 0.25) is 17.7 Å². The number of rotatable bonds is 14. The van der Waals surface area contributed by atoms with Gasteiger partial charge in [-0.3, -0.25) is 19.2 Å². The predicted molar refractivity (Wildman–Crippen MR) is 119 cm³/mol. The summed E-state index contributed by atoms with van der Waals surface area (Å²) < 4.78 is 0. The van der Waals surface area contributed by atoms with Crippen LogP contribution in [-0.4, -0.2) is 82.0 Å². The zero-order chi connectivity index (χ0) is 25.1. The van der Waals surface area contributed by atoms with E-state index >= 15 is 0 Å². The Morgan fingerprint density at radius 3 is 2.27 bits per heavy atom.